The Balaban J connectivity index is 1.91. The van der Waals surface area contributed by atoms with Gasteiger partial charge in [0.15, 0.2) is 0 Å². The highest BCUT2D eigenvalue weighted by Crippen LogP contribution is 2.42. The van der Waals surface area contributed by atoms with Crippen LogP contribution in [0, 0.1) is 17.8 Å². The smallest absolute Gasteiger partial charge is 0.408 e. The molecular formula is C25H42N2O5. The number of carboxylic acids is 1. The Kier molecular flexibility index (Phi) is 8.45. The number of nitrogens with one attached hydrogen (secondary N) is 1. The molecule has 7 nitrogen and oxygen atoms in total. The van der Waals surface area contributed by atoms with Crippen LogP contribution in [0.5, 0.6) is 0 Å². The van der Waals surface area contributed by atoms with Crippen LogP contribution in [0.25, 0.3) is 0 Å². The molecule has 0 spiro atoms. The van der Waals surface area contributed by atoms with Crippen molar-refractivity contribution in [2.75, 3.05) is 6.54 Å². The number of nitrogens with zero attached hydrogens (tertiary/aromatic N) is 1. The number of carbonyl (C=O) groups excluding carboxylic acids is 2. The van der Waals surface area contributed by atoms with Crippen molar-refractivity contribution in [3.8, 4) is 0 Å². The molecule has 3 fully saturated rings. The van der Waals surface area contributed by atoms with Crippen LogP contribution >= 0.6 is 0 Å². The summed E-state index contributed by atoms with van der Waals surface area (Å²) in [6.07, 6.45) is 11.9. The van der Waals surface area contributed by atoms with Crippen LogP contribution in [-0.4, -0.2) is 52.2 Å². The molecule has 2 saturated carbocycles. The van der Waals surface area contributed by atoms with Crippen molar-refractivity contribution in [2.45, 2.75) is 116 Å². The Hall–Kier alpha value is -1.79. The molecule has 1 heterocycles. The first kappa shape index (κ1) is 24.8. The van der Waals surface area contributed by atoms with Crippen LogP contribution in [0.15, 0.2) is 0 Å². The summed E-state index contributed by atoms with van der Waals surface area (Å²) in [5.41, 5.74) is -0.667. The van der Waals surface area contributed by atoms with Crippen LogP contribution in [-0.2, 0) is 14.3 Å². The fourth-order valence-corrected chi connectivity index (χ4v) is 6.19. The van der Waals surface area contributed by atoms with Crippen molar-refractivity contribution < 1.29 is 24.2 Å². The fraction of sp³-hybridized carbons (Fsp3) is 0.880. The average molecular weight is 451 g/mol. The topological polar surface area (TPSA) is 95.9 Å². The zero-order valence-electron chi connectivity index (χ0n) is 20.1. The molecule has 32 heavy (non-hydrogen) atoms. The molecule has 182 valence electrons. The molecule has 1 saturated heterocycles. The molecule has 0 unspecified atom stereocenters. The van der Waals surface area contributed by atoms with E-state index in [-0.39, 0.29) is 11.8 Å². The number of rotatable bonds is 6. The maximum absolute atomic E-state index is 13.9. The molecule has 3 rings (SSSR count). The highest BCUT2D eigenvalue weighted by Gasteiger charge is 2.45. The Morgan fingerprint density at radius 2 is 1.41 bits per heavy atom. The molecule has 0 aromatic carbocycles. The molecule has 2 amide bonds. The SMILES string of the molecule is CC(C)(C)OC(=O)N[C@@H](C(=O)N1CCC[C@H]1C(=O)O)C(C1CCCCC1)C1CCCCC1. The molecule has 2 atom stereocenters. The van der Waals surface area contributed by atoms with E-state index in [9.17, 15) is 19.5 Å². The van der Waals surface area contributed by atoms with Gasteiger partial charge in [0, 0.05) is 6.54 Å². The number of hydrogen-bond acceptors (Lipinski definition) is 4. The second-order valence-electron chi connectivity index (χ2n) is 11.0. The predicted octanol–water partition coefficient (Wildman–Crippen LogP) is 4.73. The van der Waals surface area contributed by atoms with E-state index in [1.54, 1.807) is 0 Å². The highest BCUT2D eigenvalue weighted by molar-refractivity contribution is 5.90. The lowest BCUT2D eigenvalue weighted by Gasteiger charge is -2.43. The lowest BCUT2D eigenvalue weighted by Crippen LogP contribution is -2.58. The lowest BCUT2D eigenvalue weighted by atomic mass is 9.66. The zero-order valence-corrected chi connectivity index (χ0v) is 20.1. The average Bonchev–Trinajstić information content (AvgIpc) is 3.23. The van der Waals surface area contributed by atoms with Crippen molar-refractivity contribution >= 4 is 18.0 Å². The van der Waals surface area contributed by atoms with Gasteiger partial charge in [0.2, 0.25) is 5.91 Å². The van der Waals surface area contributed by atoms with E-state index in [0.29, 0.717) is 31.2 Å². The molecule has 3 aliphatic rings. The van der Waals surface area contributed by atoms with E-state index in [1.807, 2.05) is 20.8 Å². The van der Waals surface area contributed by atoms with E-state index < -0.39 is 29.7 Å². The van der Waals surface area contributed by atoms with Gasteiger partial charge in [-0.2, -0.15) is 0 Å². The van der Waals surface area contributed by atoms with Crippen LogP contribution in [0.1, 0.15) is 97.8 Å². The van der Waals surface area contributed by atoms with Crippen LogP contribution in [0.3, 0.4) is 0 Å². The molecule has 7 heteroatoms. The van der Waals surface area contributed by atoms with Crippen LogP contribution < -0.4 is 5.32 Å². The minimum Gasteiger partial charge on any atom is -0.480 e. The van der Waals surface area contributed by atoms with E-state index >= 15 is 0 Å². The fourth-order valence-electron chi connectivity index (χ4n) is 6.19. The maximum atomic E-state index is 13.9. The number of aliphatic carboxylic acids is 1. The van der Waals surface area contributed by atoms with E-state index in [2.05, 4.69) is 5.32 Å². The minimum absolute atomic E-state index is 0.0330. The number of carboxylic acid groups (broad SMARTS) is 1. The molecule has 0 bridgehead atoms. The van der Waals surface area contributed by atoms with E-state index in [0.717, 1.165) is 51.4 Å². The molecule has 0 aromatic rings. The van der Waals surface area contributed by atoms with Crippen LogP contribution in [0.2, 0.25) is 0 Å². The second kappa shape index (κ2) is 10.9. The number of alkyl carbamates (subject to hydrolysis) is 1. The molecular weight excluding hydrogens is 408 g/mol. The van der Waals surface area contributed by atoms with Gasteiger partial charge in [0.25, 0.3) is 0 Å². The number of likely N-dealkylation sites (tertiary alicyclic amines) is 1. The monoisotopic (exact) mass is 450 g/mol. The summed E-state index contributed by atoms with van der Waals surface area (Å²) in [7, 11) is 0. The molecule has 2 aliphatic carbocycles. The minimum atomic E-state index is -0.959. The molecule has 2 N–H and O–H groups in total. The largest absolute Gasteiger partial charge is 0.480 e. The van der Waals surface area contributed by atoms with Gasteiger partial charge < -0.3 is 20.1 Å². The van der Waals surface area contributed by atoms with Gasteiger partial charge in [0.1, 0.15) is 17.7 Å². The van der Waals surface area contributed by atoms with E-state index in [4.69, 9.17) is 4.74 Å². The summed E-state index contributed by atoms with van der Waals surface area (Å²) in [6, 6.07) is -1.53. The number of carbonyl (C=O) groups is 3. The first-order valence-corrected chi connectivity index (χ1v) is 12.7. The summed E-state index contributed by atoms with van der Waals surface area (Å²) < 4.78 is 5.54. The first-order valence-electron chi connectivity index (χ1n) is 12.7. The third-order valence-corrected chi connectivity index (χ3v) is 7.53. The van der Waals surface area contributed by atoms with Gasteiger partial charge in [-0.3, -0.25) is 4.79 Å². The Morgan fingerprint density at radius 3 is 1.88 bits per heavy atom. The standard InChI is InChI=1S/C25H42N2O5/c1-25(2,3)32-24(31)26-21(22(28)27-16-10-15-19(27)23(29)30)20(17-11-6-4-7-12-17)18-13-8-5-9-14-18/h17-21H,4-16H2,1-3H3,(H,26,31)(H,29,30)/t19-,21+/m0/s1. The summed E-state index contributed by atoms with van der Waals surface area (Å²) in [5, 5.41) is 12.6. The highest BCUT2D eigenvalue weighted by atomic mass is 16.6. The van der Waals surface area contributed by atoms with Gasteiger partial charge in [-0.05, 0) is 51.4 Å². The third kappa shape index (κ3) is 6.38. The van der Waals surface area contributed by atoms with Crippen LogP contribution in [0.4, 0.5) is 4.79 Å². The number of hydrogen-bond donors (Lipinski definition) is 2. The van der Waals surface area contributed by atoms with E-state index in [1.165, 1.54) is 17.7 Å². The normalized spacial score (nSPS) is 24.4. The van der Waals surface area contributed by atoms with Gasteiger partial charge in [-0.1, -0.05) is 64.2 Å². The maximum Gasteiger partial charge on any atom is 0.408 e. The van der Waals surface area contributed by atoms with Crippen molar-refractivity contribution in [1.29, 1.82) is 0 Å². The van der Waals surface area contributed by atoms with Gasteiger partial charge >= 0.3 is 12.1 Å². The van der Waals surface area contributed by atoms with Gasteiger partial charge in [0.05, 0.1) is 0 Å². The second-order valence-corrected chi connectivity index (χ2v) is 11.0. The number of ether oxygens (including phenoxy) is 1. The first-order chi connectivity index (χ1) is 15.2. The summed E-state index contributed by atoms with van der Waals surface area (Å²) >= 11 is 0. The Morgan fingerprint density at radius 1 is 0.875 bits per heavy atom. The Bertz CT molecular complexity index is 644. The van der Waals surface area contributed by atoms with Crippen molar-refractivity contribution in [2.24, 2.45) is 17.8 Å². The van der Waals surface area contributed by atoms with Crippen molar-refractivity contribution in [1.82, 2.24) is 10.2 Å². The number of amides is 2. The molecule has 0 aromatic heterocycles. The molecule has 1 aliphatic heterocycles. The van der Waals surface area contributed by atoms with Crippen molar-refractivity contribution in [3.05, 3.63) is 0 Å². The third-order valence-electron chi connectivity index (χ3n) is 7.53. The zero-order chi connectivity index (χ0) is 23.3. The lowest BCUT2D eigenvalue weighted by molar-refractivity contribution is -0.150. The summed E-state index contributed by atoms with van der Waals surface area (Å²) in [6.45, 7) is 5.86. The van der Waals surface area contributed by atoms with Crippen molar-refractivity contribution in [3.63, 3.8) is 0 Å². The quantitative estimate of drug-likeness (QED) is 0.610. The predicted molar refractivity (Wildman–Crippen MR) is 122 cm³/mol. The molecule has 0 radical (unpaired) electrons. The summed E-state index contributed by atoms with van der Waals surface area (Å²) in [5.74, 6) is -0.408. The van der Waals surface area contributed by atoms with Gasteiger partial charge in [-0.15, -0.1) is 0 Å². The van der Waals surface area contributed by atoms with Gasteiger partial charge in [-0.25, -0.2) is 9.59 Å². The Labute approximate surface area is 192 Å². The summed E-state index contributed by atoms with van der Waals surface area (Å²) in [4.78, 5) is 40.1.